The molecule has 3 heterocycles. The summed E-state index contributed by atoms with van der Waals surface area (Å²) in [6, 6.07) is 13.1. The summed E-state index contributed by atoms with van der Waals surface area (Å²) in [5, 5.41) is 3.94. The van der Waals surface area contributed by atoms with Crippen molar-refractivity contribution in [1.82, 2.24) is 9.80 Å². The minimum Gasteiger partial charge on any atom is -0.379 e. The number of hydrogen-bond donors (Lipinski definition) is 0. The highest BCUT2D eigenvalue weighted by Crippen LogP contribution is 2.28. The number of morpholine rings is 1. The van der Waals surface area contributed by atoms with Gasteiger partial charge in [0.2, 0.25) is 0 Å². The van der Waals surface area contributed by atoms with Crippen LogP contribution in [-0.2, 0) is 11.2 Å². The van der Waals surface area contributed by atoms with Crippen molar-refractivity contribution >= 4 is 17.2 Å². The SMILES string of the molecule is O=C(c1ccsc1)N1CC[C@H](N2CCOCC2)[C@H]1Cc1ccccc1. The van der Waals surface area contributed by atoms with Crippen molar-refractivity contribution in [1.29, 1.82) is 0 Å². The van der Waals surface area contributed by atoms with E-state index in [-0.39, 0.29) is 11.9 Å². The Kier molecular flexibility index (Phi) is 5.15. The van der Waals surface area contributed by atoms with Crippen LogP contribution in [0, 0.1) is 0 Å². The zero-order valence-electron chi connectivity index (χ0n) is 14.3. The van der Waals surface area contributed by atoms with E-state index in [0.717, 1.165) is 51.3 Å². The van der Waals surface area contributed by atoms with Crippen LogP contribution in [0.5, 0.6) is 0 Å². The average molecular weight is 356 g/mol. The normalized spacial score (nSPS) is 24.6. The minimum atomic E-state index is 0.179. The Morgan fingerprint density at radius 3 is 2.64 bits per heavy atom. The molecule has 5 heteroatoms. The second kappa shape index (κ2) is 7.68. The fraction of sp³-hybridized carbons (Fsp3) is 0.450. The van der Waals surface area contributed by atoms with Crippen LogP contribution in [0.25, 0.3) is 0 Å². The van der Waals surface area contributed by atoms with Crippen molar-refractivity contribution in [2.45, 2.75) is 24.9 Å². The lowest BCUT2D eigenvalue weighted by atomic mass is 9.98. The summed E-state index contributed by atoms with van der Waals surface area (Å²) in [6.07, 6.45) is 1.96. The van der Waals surface area contributed by atoms with E-state index in [9.17, 15) is 4.79 Å². The van der Waals surface area contributed by atoms with Crippen molar-refractivity contribution in [2.24, 2.45) is 0 Å². The molecule has 0 saturated carbocycles. The van der Waals surface area contributed by atoms with Gasteiger partial charge in [-0.2, -0.15) is 11.3 Å². The van der Waals surface area contributed by atoms with Crippen molar-refractivity contribution in [2.75, 3.05) is 32.8 Å². The standard InChI is InChI=1S/C20H24N2O2S/c23-20(17-7-13-25-15-17)22-8-6-18(21-9-11-24-12-10-21)19(22)14-16-4-2-1-3-5-16/h1-5,7,13,15,18-19H,6,8-12,14H2/t18-,19+/m0/s1. The van der Waals surface area contributed by atoms with Gasteiger partial charge in [0.15, 0.2) is 0 Å². The van der Waals surface area contributed by atoms with Crippen LogP contribution < -0.4 is 0 Å². The molecule has 0 bridgehead atoms. The number of benzene rings is 1. The zero-order valence-corrected chi connectivity index (χ0v) is 15.2. The first-order valence-electron chi connectivity index (χ1n) is 9.02. The van der Waals surface area contributed by atoms with Gasteiger partial charge in [0, 0.05) is 31.1 Å². The fourth-order valence-corrected chi connectivity index (χ4v) is 4.71. The largest absolute Gasteiger partial charge is 0.379 e. The quantitative estimate of drug-likeness (QED) is 0.844. The van der Waals surface area contributed by atoms with E-state index in [1.807, 2.05) is 22.9 Å². The molecular weight excluding hydrogens is 332 g/mol. The molecule has 2 saturated heterocycles. The van der Waals surface area contributed by atoms with Crippen LogP contribution in [0.3, 0.4) is 0 Å². The molecule has 0 aliphatic carbocycles. The van der Waals surface area contributed by atoms with Gasteiger partial charge in [0.05, 0.1) is 24.8 Å². The highest BCUT2D eigenvalue weighted by atomic mass is 32.1. The zero-order chi connectivity index (χ0) is 17.1. The number of carbonyl (C=O) groups is 1. The number of carbonyl (C=O) groups excluding carboxylic acids is 1. The van der Waals surface area contributed by atoms with Gasteiger partial charge >= 0.3 is 0 Å². The first kappa shape index (κ1) is 16.8. The Morgan fingerprint density at radius 1 is 1.12 bits per heavy atom. The Bertz CT molecular complexity index is 683. The lowest BCUT2D eigenvalue weighted by Gasteiger charge is -2.37. The highest BCUT2D eigenvalue weighted by molar-refractivity contribution is 7.08. The van der Waals surface area contributed by atoms with E-state index in [0.29, 0.717) is 6.04 Å². The topological polar surface area (TPSA) is 32.8 Å². The minimum absolute atomic E-state index is 0.179. The maximum atomic E-state index is 13.0. The number of thiophene rings is 1. The summed E-state index contributed by atoms with van der Waals surface area (Å²) in [5.74, 6) is 0.179. The van der Waals surface area contributed by atoms with E-state index in [1.54, 1.807) is 11.3 Å². The highest BCUT2D eigenvalue weighted by Gasteiger charge is 2.40. The summed E-state index contributed by atoms with van der Waals surface area (Å²) >= 11 is 1.59. The molecule has 0 unspecified atom stereocenters. The number of rotatable bonds is 4. The van der Waals surface area contributed by atoms with Gasteiger partial charge in [-0.3, -0.25) is 9.69 Å². The van der Waals surface area contributed by atoms with Crippen molar-refractivity contribution in [3.8, 4) is 0 Å². The molecule has 132 valence electrons. The molecule has 1 amide bonds. The van der Waals surface area contributed by atoms with Crippen molar-refractivity contribution < 1.29 is 9.53 Å². The van der Waals surface area contributed by atoms with Gasteiger partial charge in [-0.1, -0.05) is 30.3 Å². The molecule has 25 heavy (non-hydrogen) atoms. The van der Waals surface area contributed by atoms with Crippen LogP contribution in [0.15, 0.2) is 47.2 Å². The molecule has 2 aliphatic rings. The van der Waals surface area contributed by atoms with Crippen molar-refractivity contribution in [3.63, 3.8) is 0 Å². The number of nitrogens with zero attached hydrogens (tertiary/aromatic N) is 2. The molecule has 4 rings (SSSR count). The summed E-state index contributed by atoms with van der Waals surface area (Å²) in [4.78, 5) is 17.7. The van der Waals surface area contributed by atoms with Gasteiger partial charge in [-0.15, -0.1) is 0 Å². The molecule has 2 fully saturated rings. The van der Waals surface area contributed by atoms with Gasteiger partial charge in [-0.25, -0.2) is 0 Å². The van der Waals surface area contributed by atoms with E-state index in [1.165, 1.54) is 5.56 Å². The molecule has 0 N–H and O–H groups in total. The van der Waals surface area contributed by atoms with Gasteiger partial charge in [-0.05, 0) is 29.9 Å². The summed E-state index contributed by atoms with van der Waals surface area (Å²) in [7, 11) is 0. The number of likely N-dealkylation sites (tertiary alicyclic amines) is 1. The molecule has 0 spiro atoms. The third-order valence-electron chi connectivity index (χ3n) is 5.34. The van der Waals surface area contributed by atoms with Crippen LogP contribution in [0.1, 0.15) is 22.3 Å². The molecule has 1 aromatic heterocycles. The summed E-state index contributed by atoms with van der Waals surface area (Å²) in [6.45, 7) is 4.38. The lowest BCUT2D eigenvalue weighted by molar-refractivity contribution is 0.00865. The predicted octanol–water partition coefficient (Wildman–Crippen LogP) is 2.91. The molecule has 0 radical (unpaired) electrons. The van der Waals surface area contributed by atoms with Crippen molar-refractivity contribution in [3.05, 3.63) is 58.3 Å². The smallest absolute Gasteiger partial charge is 0.255 e. The van der Waals surface area contributed by atoms with E-state index >= 15 is 0 Å². The lowest BCUT2D eigenvalue weighted by Crippen LogP contribution is -2.51. The Balaban J connectivity index is 1.58. The number of ether oxygens (including phenoxy) is 1. The van der Waals surface area contributed by atoms with Crippen LogP contribution >= 0.6 is 11.3 Å². The second-order valence-corrected chi connectivity index (χ2v) is 7.55. The molecule has 4 nitrogen and oxygen atoms in total. The monoisotopic (exact) mass is 356 g/mol. The molecule has 2 atom stereocenters. The van der Waals surface area contributed by atoms with Gasteiger partial charge in [0.1, 0.15) is 0 Å². The average Bonchev–Trinajstić information content (AvgIpc) is 3.33. The predicted molar refractivity (Wildman–Crippen MR) is 100 cm³/mol. The molecule has 2 aliphatic heterocycles. The second-order valence-electron chi connectivity index (χ2n) is 6.77. The van der Waals surface area contributed by atoms with E-state index in [4.69, 9.17) is 4.74 Å². The maximum absolute atomic E-state index is 13.0. The van der Waals surface area contributed by atoms with Crippen LogP contribution in [0.2, 0.25) is 0 Å². The first-order chi connectivity index (χ1) is 12.3. The Labute approximate surface area is 153 Å². The number of amides is 1. The van der Waals surface area contributed by atoms with Gasteiger partial charge < -0.3 is 9.64 Å². The third-order valence-corrected chi connectivity index (χ3v) is 6.02. The Hall–Kier alpha value is -1.69. The third kappa shape index (κ3) is 3.64. The summed E-state index contributed by atoms with van der Waals surface area (Å²) in [5.41, 5.74) is 2.13. The Morgan fingerprint density at radius 2 is 1.92 bits per heavy atom. The van der Waals surface area contributed by atoms with Gasteiger partial charge in [0.25, 0.3) is 5.91 Å². The van der Waals surface area contributed by atoms with Crippen LogP contribution in [-0.4, -0.2) is 60.6 Å². The number of hydrogen-bond acceptors (Lipinski definition) is 4. The maximum Gasteiger partial charge on any atom is 0.255 e. The molecule has 2 aromatic rings. The van der Waals surface area contributed by atoms with Crippen LogP contribution in [0.4, 0.5) is 0 Å². The molecular formula is C20H24N2O2S. The first-order valence-corrected chi connectivity index (χ1v) is 9.96. The van der Waals surface area contributed by atoms with E-state index in [2.05, 4.69) is 34.1 Å². The summed E-state index contributed by atoms with van der Waals surface area (Å²) < 4.78 is 5.53. The molecule has 1 aromatic carbocycles. The fourth-order valence-electron chi connectivity index (χ4n) is 4.08. The van der Waals surface area contributed by atoms with E-state index < -0.39 is 0 Å².